The van der Waals surface area contributed by atoms with Gasteiger partial charge in [0, 0.05) is 23.8 Å². The molecule has 0 spiro atoms. The second-order valence-corrected chi connectivity index (χ2v) is 6.88. The van der Waals surface area contributed by atoms with Gasteiger partial charge in [-0.2, -0.15) is 4.98 Å². The third kappa shape index (κ3) is 5.74. The molecule has 0 aliphatic heterocycles. The Morgan fingerprint density at radius 1 is 1.19 bits per heavy atom. The van der Waals surface area contributed by atoms with Gasteiger partial charge in [-0.25, -0.2) is 4.98 Å². The van der Waals surface area contributed by atoms with Gasteiger partial charge in [0.1, 0.15) is 5.82 Å². The molecular formula is C17H28N4. The summed E-state index contributed by atoms with van der Waals surface area (Å²) in [6.07, 6.45) is 8.74. The molecule has 0 saturated heterocycles. The molecule has 0 radical (unpaired) electrons. The molecule has 4 heteroatoms. The van der Waals surface area contributed by atoms with Crippen LogP contribution in [-0.2, 0) is 0 Å². The van der Waals surface area contributed by atoms with E-state index < -0.39 is 0 Å². The molecule has 21 heavy (non-hydrogen) atoms. The van der Waals surface area contributed by atoms with Crippen LogP contribution in [0, 0.1) is 6.92 Å². The van der Waals surface area contributed by atoms with Crippen LogP contribution in [0.15, 0.2) is 17.7 Å². The predicted octanol–water partition coefficient (Wildman–Crippen LogP) is 4.30. The first-order valence-electron chi connectivity index (χ1n) is 7.98. The van der Waals surface area contributed by atoms with Crippen LogP contribution in [0.5, 0.6) is 0 Å². The molecule has 2 N–H and O–H groups in total. The maximum Gasteiger partial charge on any atom is 0.225 e. The zero-order valence-corrected chi connectivity index (χ0v) is 13.8. The maximum atomic E-state index is 4.55. The monoisotopic (exact) mass is 288 g/mol. The van der Waals surface area contributed by atoms with Crippen LogP contribution in [0.3, 0.4) is 0 Å². The highest BCUT2D eigenvalue weighted by Crippen LogP contribution is 2.20. The van der Waals surface area contributed by atoms with Crippen LogP contribution in [0.4, 0.5) is 11.8 Å². The van der Waals surface area contributed by atoms with Gasteiger partial charge in [-0.1, -0.05) is 11.6 Å². The van der Waals surface area contributed by atoms with Crippen molar-refractivity contribution < 1.29 is 0 Å². The van der Waals surface area contributed by atoms with Gasteiger partial charge in [0.05, 0.1) is 0 Å². The molecule has 0 bridgehead atoms. The fourth-order valence-corrected chi connectivity index (χ4v) is 2.53. The quantitative estimate of drug-likeness (QED) is 0.793. The van der Waals surface area contributed by atoms with E-state index in [-0.39, 0.29) is 5.54 Å². The Hall–Kier alpha value is -1.58. The molecule has 116 valence electrons. The van der Waals surface area contributed by atoms with Gasteiger partial charge in [-0.15, -0.1) is 0 Å². The number of rotatable bonds is 5. The predicted molar refractivity (Wildman–Crippen MR) is 89.8 cm³/mol. The van der Waals surface area contributed by atoms with E-state index in [9.17, 15) is 0 Å². The van der Waals surface area contributed by atoms with Crippen molar-refractivity contribution in [3.05, 3.63) is 23.4 Å². The third-order valence-electron chi connectivity index (χ3n) is 3.48. The topological polar surface area (TPSA) is 49.8 Å². The summed E-state index contributed by atoms with van der Waals surface area (Å²) in [6, 6.07) is 2.00. The standard InChI is InChI=1S/C17H28N4/c1-13-12-15(20-16(19-13)21-17(2,3)4)18-11-10-14-8-6-5-7-9-14/h8,12H,5-7,9-11H2,1-4H3,(H2,18,19,20,21). The van der Waals surface area contributed by atoms with Crippen molar-refractivity contribution in [2.75, 3.05) is 17.2 Å². The van der Waals surface area contributed by atoms with Crippen molar-refractivity contribution in [2.24, 2.45) is 0 Å². The largest absolute Gasteiger partial charge is 0.370 e. The van der Waals surface area contributed by atoms with E-state index in [2.05, 4.69) is 47.4 Å². The van der Waals surface area contributed by atoms with E-state index in [0.717, 1.165) is 24.5 Å². The zero-order valence-electron chi connectivity index (χ0n) is 13.8. The first-order chi connectivity index (χ1) is 9.92. The smallest absolute Gasteiger partial charge is 0.225 e. The normalized spacial score (nSPS) is 15.5. The van der Waals surface area contributed by atoms with Crippen LogP contribution in [-0.4, -0.2) is 22.1 Å². The number of allylic oxidation sites excluding steroid dienone is 1. The number of nitrogens with zero attached hydrogens (tertiary/aromatic N) is 2. The average Bonchev–Trinajstić information content (AvgIpc) is 2.37. The second kappa shape index (κ2) is 6.92. The van der Waals surface area contributed by atoms with Crippen LogP contribution >= 0.6 is 0 Å². The van der Waals surface area contributed by atoms with Crippen LogP contribution in [0.25, 0.3) is 0 Å². The average molecular weight is 288 g/mol. The van der Waals surface area contributed by atoms with Gasteiger partial charge in [0.2, 0.25) is 5.95 Å². The van der Waals surface area contributed by atoms with E-state index in [1.165, 1.54) is 25.7 Å². The van der Waals surface area contributed by atoms with Crippen molar-refractivity contribution >= 4 is 11.8 Å². The van der Waals surface area contributed by atoms with Crippen molar-refractivity contribution in [2.45, 2.75) is 65.3 Å². The fraction of sp³-hybridized carbons (Fsp3) is 0.647. The number of anilines is 2. The zero-order chi connectivity index (χ0) is 15.3. The Balaban J connectivity index is 1.91. The highest BCUT2D eigenvalue weighted by Gasteiger charge is 2.12. The van der Waals surface area contributed by atoms with Crippen molar-refractivity contribution in [1.29, 1.82) is 0 Å². The highest BCUT2D eigenvalue weighted by atomic mass is 15.2. The van der Waals surface area contributed by atoms with E-state index >= 15 is 0 Å². The minimum atomic E-state index is -0.0298. The summed E-state index contributed by atoms with van der Waals surface area (Å²) in [7, 11) is 0. The SMILES string of the molecule is Cc1cc(NCCC2=CCCCC2)nc(NC(C)(C)C)n1. The lowest BCUT2D eigenvalue weighted by Gasteiger charge is -2.21. The number of hydrogen-bond acceptors (Lipinski definition) is 4. The van der Waals surface area contributed by atoms with E-state index in [1.54, 1.807) is 5.57 Å². The lowest BCUT2D eigenvalue weighted by atomic mass is 9.97. The molecule has 0 saturated carbocycles. The van der Waals surface area contributed by atoms with E-state index in [0.29, 0.717) is 5.95 Å². The van der Waals surface area contributed by atoms with Gasteiger partial charge in [-0.05, 0) is 59.8 Å². The summed E-state index contributed by atoms with van der Waals surface area (Å²) < 4.78 is 0. The molecule has 0 atom stereocenters. The van der Waals surface area contributed by atoms with Gasteiger partial charge >= 0.3 is 0 Å². The molecule has 0 unspecified atom stereocenters. The summed E-state index contributed by atoms with van der Waals surface area (Å²) in [5, 5.41) is 6.76. The Morgan fingerprint density at radius 3 is 2.67 bits per heavy atom. The van der Waals surface area contributed by atoms with Gasteiger partial charge in [-0.3, -0.25) is 0 Å². The first kappa shape index (κ1) is 15.8. The molecule has 2 rings (SSSR count). The van der Waals surface area contributed by atoms with Crippen LogP contribution in [0.2, 0.25) is 0 Å². The van der Waals surface area contributed by atoms with Gasteiger partial charge in [0.15, 0.2) is 0 Å². The Morgan fingerprint density at radius 2 is 2.00 bits per heavy atom. The molecule has 4 nitrogen and oxygen atoms in total. The Kier molecular flexibility index (Phi) is 5.21. The summed E-state index contributed by atoms with van der Waals surface area (Å²) in [6.45, 7) is 9.28. The minimum Gasteiger partial charge on any atom is -0.370 e. The lowest BCUT2D eigenvalue weighted by molar-refractivity contribution is 0.625. The second-order valence-electron chi connectivity index (χ2n) is 6.88. The van der Waals surface area contributed by atoms with Crippen LogP contribution in [0.1, 0.15) is 58.6 Å². The summed E-state index contributed by atoms with van der Waals surface area (Å²) >= 11 is 0. The number of nitrogens with one attached hydrogen (secondary N) is 2. The third-order valence-corrected chi connectivity index (χ3v) is 3.48. The summed E-state index contributed by atoms with van der Waals surface area (Å²) in [5.74, 6) is 1.60. The van der Waals surface area contributed by atoms with Crippen LogP contribution < -0.4 is 10.6 Å². The molecule has 1 aliphatic rings. The molecule has 1 aliphatic carbocycles. The van der Waals surface area contributed by atoms with Crippen molar-refractivity contribution in [3.63, 3.8) is 0 Å². The summed E-state index contributed by atoms with van der Waals surface area (Å²) in [5.41, 5.74) is 2.54. The number of aryl methyl sites for hydroxylation is 1. The number of aromatic nitrogens is 2. The summed E-state index contributed by atoms with van der Waals surface area (Å²) in [4.78, 5) is 8.99. The maximum absolute atomic E-state index is 4.55. The van der Waals surface area contributed by atoms with Crippen molar-refractivity contribution in [3.8, 4) is 0 Å². The first-order valence-corrected chi connectivity index (χ1v) is 7.98. The number of hydrogen-bond donors (Lipinski definition) is 2. The lowest BCUT2D eigenvalue weighted by Crippen LogP contribution is -2.27. The molecular weight excluding hydrogens is 260 g/mol. The highest BCUT2D eigenvalue weighted by molar-refractivity contribution is 5.43. The molecule has 0 fully saturated rings. The molecule has 1 aromatic rings. The Bertz CT molecular complexity index is 500. The fourth-order valence-electron chi connectivity index (χ4n) is 2.53. The van der Waals surface area contributed by atoms with Gasteiger partial charge < -0.3 is 10.6 Å². The molecule has 1 aromatic heterocycles. The molecule has 1 heterocycles. The molecule has 0 aromatic carbocycles. The Labute approximate surface area is 128 Å². The van der Waals surface area contributed by atoms with Crippen molar-refractivity contribution in [1.82, 2.24) is 9.97 Å². The van der Waals surface area contributed by atoms with E-state index in [1.807, 2.05) is 13.0 Å². The van der Waals surface area contributed by atoms with E-state index in [4.69, 9.17) is 0 Å². The van der Waals surface area contributed by atoms with Gasteiger partial charge in [0.25, 0.3) is 0 Å². The minimum absolute atomic E-state index is 0.0298. The molecule has 0 amide bonds.